The maximum atomic E-state index is 11.3. The number of rotatable bonds is 7. The van der Waals surface area contributed by atoms with Gasteiger partial charge in [0.2, 0.25) is 0 Å². The van der Waals surface area contributed by atoms with Crippen molar-refractivity contribution < 1.29 is 9.53 Å². The van der Waals surface area contributed by atoms with Crippen LogP contribution in [0.15, 0.2) is 40.9 Å². The average molecular weight is 374 g/mol. The molecule has 2 heterocycles. The highest BCUT2D eigenvalue weighted by molar-refractivity contribution is 7.99. The van der Waals surface area contributed by atoms with E-state index in [-0.39, 0.29) is 5.78 Å². The summed E-state index contributed by atoms with van der Waals surface area (Å²) < 4.78 is 7.57. The molecule has 1 aromatic carbocycles. The number of hydrogen-bond donors (Lipinski definition) is 0. The second-order valence-electron chi connectivity index (χ2n) is 5.59. The molecule has 0 aliphatic heterocycles. The lowest BCUT2D eigenvalue weighted by Crippen LogP contribution is -2.03. The van der Waals surface area contributed by atoms with Crippen LogP contribution in [0, 0.1) is 6.92 Å². The molecule has 0 amide bonds. The number of Topliss-reactive ketones (excluding diaryl/α,β-unsaturated/α-hetero) is 1. The van der Waals surface area contributed by atoms with E-state index in [0.717, 1.165) is 32.9 Å². The van der Waals surface area contributed by atoms with Gasteiger partial charge in [0, 0.05) is 12.2 Å². The van der Waals surface area contributed by atoms with E-state index in [0.29, 0.717) is 12.2 Å². The molecular weight excluding hydrogens is 354 g/mol. The maximum Gasteiger partial charge on any atom is 0.196 e. The van der Waals surface area contributed by atoms with Gasteiger partial charge in [-0.15, -0.1) is 21.5 Å². The zero-order valence-corrected chi connectivity index (χ0v) is 16.0. The summed E-state index contributed by atoms with van der Waals surface area (Å²) in [5, 5.41) is 11.5. The summed E-state index contributed by atoms with van der Waals surface area (Å²) in [6.45, 7) is 3.65. The second kappa shape index (κ2) is 7.84. The summed E-state index contributed by atoms with van der Waals surface area (Å²) >= 11 is 3.15. The van der Waals surface area contributed by atoms with Crippen LogP contribution < -0.4 is 4.74 Å². The minimum absolute atomic E-state index is 0.171. The predicted molar refractivity (Wildman–Crippen MR) is 102 cm³/mol. The van der Waals surface area contributed by atoms with E-state index < -0.39 is 0 Å². The third kappa shape index (κ3) is 3.93. The fourth-order valence-corrected chi connectivity index (χ4v) is 4.09. The monoisotopic (exact) mass is 373 g/mol. The van der Waals surface area contributed by atoms with Crippen LogP contribution in [0.1, 0.15) is 18.9 Å². The Morgan fingerprint density at radius 1 is 1.32 bits per heavy atom. The lowest BCUT2D eigenvalue weighted by Gasteiger charge is -2.14. The van der Waals surface area contributed by atoms with Gasteiger partial charge in [0.1, 0.15) is 11.5 Å². The maximum absolute atomic E-state index is 11.3. The number of thiophene rings is 1. The van der Waals surface area contributed by atoms with Gasteiger partial charge in [0.15, 0.2) is 11.0 Å². The van der Waals surface area contributed by atoms with Gasteiger partial charge in [-0.25, -0.2) is 0 Å². The largest absolute Gasteiger partial charge is 0.495 e. The van der Waals surface area contributed by atoms with Crippen molar-refractivity contribution in [1.82, 2.24) is 14.8 Å². The second-order valence-corrected chi connectivity index (χ2v) is 7.60. The van der Waals surface area contributed by atoms with Gasteiger partial charge in [-0.3, -0.25) is 9.36 Å². The molecule has 7 heteroatoms. The Morgan fingerprint density at radius 2 is 2.16 bits per heavy atom. The fourth-order valence-electron chi connectivity index (χ4n) is 2.41. The van der Waals surface area contributed by atoms with Crippen molar-refractivity contribution in [3.8, 4) is 22.1 Å². The number of carbonyl (C=O) groups is 1. The van der Waals surface area contributed by atoms with Gasteiger partial charge < -0.3 is 4.74 Å². The predicted octanol–water partition coefficient (Wildman–Crippen LogP) is 4.38. The zero-order valence-electron chi connectivity index (χ0n) is 14.4. The van der Waals surface area contributed by atoms with Crippen molar-refractivity contribution in [2.24, 2.45) is 0 Å². The highest BCUT2D eigenvalue weighted by Crippen LogP contribution is 2.34. The summed E-state index contributed by atoms with van der Waals surface area (Å²) in [5.74, 6) is 2.39. The van der Waals surface area contributed by atoms with Crippen LogP contribution in [0.25, 0.3) is 16.4 Å². The first kappa shape index (κ1) is 17.7. The number of hydrogen-bond acceptors (Lipinski definition) is 6. The van der Waals surface area contributed by atoms with Crippen LogP contribution in [-0.2, 0) is 4.79 Å². The summed E-state index contributed by atoms with van der Waals surface area (Å²) in [6, 6.07) is 10.0. The number of carbonyl (C=O) groups excluding carboxylic acids is 1. The highest BCUT2D eigenvalue weighted by atomic mass is 32.2. The topological polar surface area (TPSA) is 57.0 Å². The van der Waals surface area contributed by atoms with Crippen molar-refractivity contribution in [3.63, 3.8) is 0 Å². The lowest BCUT2D eigenvalue weighted by molar-refractivity contribution is -0.116. The lowest BCUT2D eigenvalue weighted by atomic mass is 10.2. The quantitative estimate of drug-likeness (QED) is 0.575. The van der Waals surface area contributed by atoms with E-state index in [1.807, 2.05) is 41.1 Å². The molecule has 0 atom stereocenters. The first-order valence-electron chi connectivity index (χ1n) is 7.86. The summed E-state index contributed by atoms with van der Waals surface area (Å²) in [5.41, 5.74) is 2.03. The van der Waals surface area contributed by atoms with Crippen LogP contribution in [0.2, 0.25) is 0 Å². The third-order valence-corrected chi connectivity index (χ3v) is 5.43. The van der Waals surface area contributed by atoms with E-state index in [2.05, 4.69) is 16.3 Å². The number of aryl methyl sites for hydroxylation is 1. The van der Waals surface area contributed by atoms with Crippen LogP contribution in [0.5, 0.6) is 5.75 Å². The van der Waals surface area contributed by atoms with Gasteiger partial charge in [-0.1, -0.05) is 23.9 Å². The Kier molecular flexibility index (Phi) is 5.55. The Bertz CT molecular complexity index is 873. The Balaban J connectivity index is 2.10. The van der Waals surface area contributed by atoms with Crippen molar-refractivity contribution in [1.29, 1.82) is 0 Å². The highest BCUT2D eigenvalue weighted by Gasteiger charge is 2.19. The van der Waals surface area contributed by atoms with Crippen LogP contribution >= 0.6 is 23.1 Å². The molecule has 0 radical (unpaired) electrons. The molecule has 130 valence electrons. The van der Waals surface area contributed by atoms with E-state index in [9.17, 15) is 4.79 Å². The SMILES string of the molecule is COc1ccc(C)cc1-n1c(SCCC(C)=O)nnc1-c1cccs1. The Morgan fingerprint density at radius 3 is 2.84 bits per heavy atom. The first-order valence-corrected chi connectivity index (χ1v) is 9.73. The van der Waals surface area contributed by atoms with Gasteiger partial charge in [0.25, 0.3) is 0 Å². The van der Waals surface area contributed by atoms with Crippen molar-refractivity contribution in [2.45, 2.75) is 25.4 Å². The fraction of sp³-hybridized carbons (Fsp3) is 0.278. The van der Waals surface area contributed by atoms with E-state index in [4.69, 9.17) is 4.74 Å². The molecule has 0 aliphatic carbocycles. The summed E-state index contributed by atoms with van der Waals surface area (Å²) in [4.78, 5) is 12.3. The van der Waals surface area contributed by atoms with Crippen molar-refractivity contribution in [3.05, 3.63) is 41.3 Å². The molecule has 0 unspecified atom stereocenters. The van der Waals surface area contributed by atoms with Crippen LogP contribution in [-0.4, -0.2) is 33.4 Å². The molecule has 0 N–H and O–H groups in total. The van der Waals surface area contributed by atoms with Crippen LogP contribution in [0.3, 0.4) is 0 Å². The number of methoxy groups -OCH3 is 1. The van der Waals surface area contributed by atoms with E-state index >= 15 is 0 Å². The van der Waals surface area contributed by atoms with Crippen molar-refractivity contribution >= 4 is 28.9 Å². The van der Waals surface area contributed by atoms with Crippen LogP contribution in [0.4, 0.5) is 0 Å². The van der Waals surface area contributed by atoms with Crippen molar-refractivity contribution in [2.75, 3.05) is 12.9 Å². The number of thioether (sulfide) groups is 1. The zero-order chi connectivity index (χ0) is 17.8. The van der Waals surface area contributed by atoms with Gasteiger partial charge in [-0.2, -0.15) is 0 Å². The molecule has 0 saturated heterocycles. The molecule has 0 bridgehead atoms. The molecule has 0 spiro atoms. The van der Waals surface area contributed by atoms with Gasteiger partial charge in [0.05, 0.1) is 17.7 Å². The number of ketones is 1. The number of ether oxygens (including phenoxy) is 1. The molecular formula is C18H19N3O2S2. The number of nitrogens with zero attached hydrogens (tertiary/aromatic N) is 3. The molecule has 2 aromatic heterocycles. The standard InChI is InChI=1S/C18H19N3O2S2/c1-12-6-7-15(23-3)14(11-12)21-17(16-5-4-9-24-16)19-20-18(21)25-10-8-13(2)22/h4-7,9,11H,8,10H2,1-3H3. The molecule has 25 heavy (non-hydrogen) atoms. The third-order valence-electron chi connectivity index (χ3n) is 3.64. The molecule has 3 rings (SSSR count). The first-order chi connectivity index (χ1) is 12.1. The smallest absolute Gasteiger partial charge is 0.196 e. The van der Waals surface area contributed by atoms with E-state index in [1.54, 1.807) is 25.4 Å². The number of aromatic nitrogens is 3. The molecule has 5 nitrogen and oxygen atoms in total. The van der Waals surface area contributed by atoms with E-state index in [1.165, 1.54) is 11.8 Å². The molecule has 0 saturated carbocycles. The molecule has 0 fully saturated rings. The minimum Gasteiger partial charge on any atom is -0.495 e. The number of benzene rings is 1. The molecule has 0 aliphatic rings. The summed E-state index contributed by atoms with van der Waals surface area (Å²) in [6.07, 6.45) is 0.511. The molecule has 3 aromatic rings. The Labute approximate surface area is 155 Å². The summed E-state index contributed by atoms with van der Waals surface area (Å²) in [7, 11) is 1.66. The minimum atomic E-state index is 0.171. The normalized spacial score (nSPS) is 10.8. The Hall–Kier alpha value is -2.12. The van der Waals surface area contributed by atoms with Gasteiger partial charge >= 0.3 is 0 Å². The average Bonchev–Trinajstić information content (AvgIpc) is 3.23. The van der Waals surface area contributed by atoms with Gasteiger partial charge in [-0.05, 0) is 43.0 Å².